The van der Waals surface area contributed by atoms with E-state index in [2.05, 4.69) is 30.9 Å². The van der Waals surface area contributed by atoms with Gasteiger partial charge in [0.05, 0.1) is 0 Å². The molecule has 0 spiro atoms. The van der Waals surface area contributed by atoms with Crippen LogP contribution in [0, 0.1) is 0 Å². The average Bonchev–Trinajstić information content (AvgIpc) is 2.40. The van der Waals surface area contributed by atoms with Gasteiger partial charge in [0.15, 0.2) is 15.9 Å². The number of hydrogen-bond donors (Lipinski definition) is 2. The van der Waals surface area contributed by atoms with Crippen LogP contribution in [0.1, 0.15) is 19.9 Å². The molecule has 0 aliphatic rings. The molecule has 2 heterocycles. The first-order valence-corrected chi connectivity index (χ1v) is 5.20. The summed E-state index contributed by atoms with van der Waals surface area (Å²) in [6.45, 7) is 3.85. The van der Waals surface area contributed by atoms with Crippen LogP contribution >= 0.6 is 15.9 Å². The molecule has 7 heteroatoms. The van der Waals surface area contributed by atoms with Crippen LogP contribution in [0.25, 0.3) is 11.2 Å². The fourth-order valence-corrected chi connectivity index (χ4v) is 2.25. The number of halogens is 1. The molecule has 6 nitrogen and oxygen atoms in total. The number of nitrogens with zero attached hydrogens (tertiary/aromatic N) is 2. The van der Waals surface area contributed by atoms with Crippen molar-refractivity contribution in [3.05, 3.63) is 25.6 Å². The molecule has 0 saturated carbocycles. The maximum Gasteiger partial charge on any atom is 0.327 e. The lowest BCUT2D eigenvalue weighted by Gasteiger charge is -2.08. The standard InChI is InChI=1S/C8H9BrN4O2/c1-3(2)13-4-5(10-7(13)9)11-8(15)12-6(4)14/h3H,1-2H3,(H2,11,12,14,15). The first kappa shape index (κ1) is 10.2. The maximum atomic E-state index is 11.6. The van der Waals surface area contributed by atoms with E-state index in [0.29, 0.717) is 15.9 Å². The lowest BCUT2D eigenvalue weighted by Crippen LogP contribution is -2.23. The largest absolute Gasteiger partial charge is 0.327 e. The third-order valence-electron chi connectivity index (χ3n) is 2.06. The third-order valence-corrected chi connectivity index (χ3v) is 2.62. The molecule has 0 amide bonds. The Kier molecular flexibility index (Phi) is 2.26. The van der Waals surface area contributed by atoms with Crippen molar-refractivity contribution in [3.8, 4) is 0 Å². The number of rotatable bonds is 1. The Hall–Kier alpha value is -1.37. The molecule has 0 atom stereocenters. The topological polar surface area (TPSA) is 83.5 Å². The van der Waals surface area contributed by atoms with E-state index in [4.69, 9.17) is 0 Å². The highest BCUT2D eigenvalue weighted by atomic mass is 79.9. The van der Waals surface area contributed by atoms with Crippen molar-refractivity contribution in [1.29, 1.82) is 0 Å². The molecule has 0 bridgehead atoms. The van der Waals surface area contributed by atoms with E-state index in [1.807, 2.05) is 13.8 Å². The Morgan fingerprint density at radius 1 is 1.33 bits per heavy atom. The fourth-order valence-electron chi connectivity index (χ4n) is 1.48. The van der Waals surface area contributed by atoms with Gasteiger partial charge in [-0.2, -0.15) is 0 Å². The second-order valence-corrected chi connectivity index (χ2v) is 4.16. The molecule has 0 aliphatic carbocycles. The van der Waals surface area contributed by atoms with Gasteiger partial charge in [0, 0.05) is 6.04 Å². The van der Waals surface area contributed by atoms with Crippen molar-refractivity contribution in [2.75, 3.05) is 0 Å². The van der Waals surface area contributed by atoms with Crippen LogP contribution in [-0.4, -0.2) is 19.5 Å². The average molecular weight is 273 g/mol. The SMILES string of the molecule is CC(C)n1c(Br)nc2[nH]c(=O)[nH]c(=O)c21. The Bertz CT molecular complexity index is 622. The molecule has 0 fully saturated rings. The van der Waals surface area contributed by atoms with Crippen molar-refractivity contribution in [2.24, 2.45) is 0 Å². The number of aromatic amines is 2. The molecule has 0 radical (unpaired) electrons. The van der Waals surface area contributed by atoms with Gasteiger partial charge in [0.1, 0.15) is 0 Å². The molecule has 0 aromatic carbocycles. The van der Waals surface area contributed by atoms with Gasteiger partial charge in [-0.3, -0.25) is 14.8 Å². The number of aromatic nitrogens is 4. The molecular weight excluding hydrogens is 264 g/mol. The number of fused-ring (bicyclic) bond motifs is 1. The number of nitrogens with one attached hydrogen (secondary N) is 2. The van der Waals surface area contributed by atoms with E-state index >= 15 is 0 Å². The molecule has 2 rings (SSSR count). The summed E-state index contributed by atoms with van der Waals surface area (Å²) >= 11 is 3.25. The molecule has 80 valence electrons. The van der Waals surface area contributed by atoms with E-state index in [1.165, 1.54) is 0 Å². The van der Waals surface area contributed by atoms with Gasteiger partial charge in [-0.1, -0.05) is 0 Å². The van der Waals surface area contributed by atoms with Crippen molar-refractivity contribution in [2.45, 2.75) is 19.9 Å². The first-order valence-electron chi connectivity index (χ1n) is 4.40. The van der Waals surface area contributed by atoms with E-state index in [0.717, 1.165) is 0 Å². The number of imidazole rings is 1. The minimum absolute atomic E-state index is 0.0800. The van der Waals surface area contributed by atoms with E-state index in [-0.39, 0.29) is 6.04 Å². The Balaban J connectivity index is 3.00. The zero-order valence-electron chi connectivity index (χ0n) is 8.17. The van der Waals surface area contributed by atoms with E-state index < -0.39 is 11.2 Å². The van der Waals surface area contributed by atoms with Gasteiger partial charge in [-0.05, 0) is 29.8 Å². The van der Waals surface area contributed by atoms with E-state index in [1.54, 1.807) is 4.57 Å². The molecule has 2 aromatic heterocycles. The summed E-state index contributed by atoms with van der Waals surface area (Å²) < 4.78 is 2.24. The second-order valence-electron chi connectivity index (χ2n) is 3.45. The molecule has 2 N–H and O–H groups in total. The van der Waals surface area contributed by atoms with Gasteiger partial charge in [-0.25, -0.2) is 9.78 Å². The normalized spacial score (nSPS) is 11.5. The van der Waals surface area contributed by atoms with Crippen LogP contribution in [0.2, 0.25) is 0 Å². The predicted octanol–water partition coefficient (Wildman–Crippen LogP) is 0.756. The van der Waals surface area contributed by atoms with Gasteiger partial charge in [-0.15, -0.1) is 0 Å². The summed E-state index contributed by atoms with van der Waals surface area (Å²) in [5, 5.41) is 0. The number of hydrogen-bond acceptors (Lipinski definition) is 3. The molecule has 0 saturated heterocycles. The van der Waals surface area contributed by atoms with E-state index in [9.17, 15) is 9.59 Å². The Labute approximate surface area is 92.5 Å². The minimum atomic E-state index is -0.548. The van der Waals surface area contributed by atoms with Gasteiger partial charge in [0.25, 0.3) is 5.56 Å². The van der Waals surface area contributed by atoms with Crippen molar-refractivity contribution in [1.82, 2.24) is 19.5 Å². The maximum absolute atomic E-state index is 11.6. The fraction of sp³-hybridized carbons (Fsp3) is 0.375. The zero-order chi connectivity index (χ0) is 11.2. The predicted molar refractivity (Wildman–Crippen MR) is 59.1 cm³/mol. The highest BCUT2D eigenvalue weighted by molar-refractivity contribution is 9.10. The Morgan fingerprint density at radius 2 is 2.00 bits per heavy atom. The van der Waals surface area contributed by atoms with Crippen LogP contribution in [0.3, 0.4) is 0 Å². The quantitative estimate of drug-likeness (QED) is 0.752. The summed E-state index contributed by atoms with van der Waals surface area (Å²) in [4.78, 5) is 31.3. The number of H-pyrrole nitrogens is 2. The third kappa shape index (κ3) is 1.52. The van der Waals surface area contributed by atoms with Crippen LogP contribution in [-0.2, 0) is 0 Å². The minimum Gasteiger partial charge on any atom is -0.310 e. The summed E-state index contributed by atoms with van der Waals surface area (Å²) in [6, 6.07) is 0.0800. The zero-order valence-corrected chi connectivity index (χ0v) is 9.75. The monoisotopic (exact) mass is 272 g/mol. The lowest BCUT2D eigenvalue weighted by molar-refractivity contribution is 0.602. The molecular formula is C8H9BrN4O2. The van der Waals surface area contributed by atoms with Gasteiger partial charge < -0.3 is 4.57 Å². The van der Waals surface area contributed by atoms with Crippen LogP contribution in [0.15, 0.2) is 14.3 Å². The molecule has 0 unspecified atom stereocenters. The van der Waals surface area contributed by atoms with Crippen molar-refractivity contribution < 1.29 is 0 Å². The molecule has 0 aliphatic heterocycles. The summed E-state index contributed by atoms with van der Waals surface area (Å²) in [5.74, 6) is 0. The summed E-state index contributed by atoms with van der Waals surface area (Å²) in [6.07, 6.45) is 0. The molecule has 2 aromatic rings. The highest BCUT2D eigenvalue weighted by Crippen LogP contribution is 2.19. The molecule has 15 heavy (non-hydrogen) atoms. The van der Waals surface area contributed by atoms with Crippen LogP contribution < -0.4 is 11.2 Å². The summed E-state index contributed by atoms with van der Waals surface area (Å²) in [7, 11) is 0. The smallest absolute Gasteiger partial charge is 0.310 e. The lowest BCUT2D eigenvalue weighted by atomic mass is 10.4. The van der Waals surface area contributed by atoms with Gasteiger partial charge in [0.2, 0.25) is 0 Å². The first-order chi connectivity index (χ1) is 7.00. The Morgan fingerprint density at radius 3 is 2.60 bits per heavy atom. The van der Waals surface area contributed by atoms with Crippen LogP contribution in [0.4, 0.5) is 0 Å². The highest BCUT2D eigenvalue weighted by Gasteiger charge is 2.14. The van der Waals surface area contributed by atoms with Crippen molar-refractivity contribution in [3.63, 3.8) is 0 Å². The second kappa shape index (κ2) is 3.34. The van der Waals surface area contributed by atoms with Crippen LogP contribution in [0.5, 0.6) is 0 Å². The summed E-state index contributed by atoms with van der Waals surface area (Å²) in [5.41, 5.74) is -0.310. The van der Waals surface area contributed by atoms with Crippen molar-refractivity contribution >= 4 is 27.1 Å². The van der Waals surface area contributed by atoms with Gasteiger partial charge >= 0.3 is 5.69 Å².